The molecule has 2 aliphatic heterocycles. The van der Waals surface area contributed by atoms with Crippen molar-refractivity contribution >= 4 is 5.91 Å². The largest absolute Gasteiger partial charge is 0.387 e. The Morgan fingerprint density at radius 3 is 2.61 bits per heavy atom. The van der Waals surface area contributed by atoms with Crippen molar-refractivity contribution in [3.63, 3.8) is 0 Å². The van der Waals surface area contributed by atoms with Crippen molar-refractivity contribution in [3.8, 4) is 0 Å². The highest BCUT2D eigenvalue weighted by molar-refractivity contribution is 5.78. The molecule has 0 unspecified atom stereocenters. The summed E-state index contributed by atoms with van der Waals surface area (Å²) < 4.78 is 5.25. The number of rotatable bonds is 4. The van der Waals surface area contributed by atoms with Crippen molar-refractivity contribution in [2.75, 3.05) is 32.8 Å². The zero-order chi connectivity index (χ0) is 13.2. The first-order valence-electron chi connectivity index (χ1n) is 6.81. The lowest BCUT2D eigenvalue weighted by Gasteiger charge is -2.48. The molecule has 2 heterocycles. The molecule has 0 spiro atoms. The van der Waals surface area contributed by atoms with Crippen molar-refractivity contribution in [1.29, 1.82) is 0 Å². The van der Waals surface area contributed by atoms with Crippen LogP contribution in [-0.2, 0) is 9.53 Å². The minimum absolute atomic E-state index is 0.0627. The number of hydrogen-bond donors (Lipinski definition) is 2. The average Bonchev–Trinajstić information content (AvgIpc) is 2.27. The summed E-state index contributed by atoms with van der Waals surface area (Å²) >= 11 is 0. The first-order valence-corrected chi connectivity index (χ1v) is 6.81. The van der Waals surface area contributed by atoms with Crippen molar-refractivity contribution in [3.05, 3.63) is 0 Å². The topological polar surface area (TPSA) is 61.8 Å². The van der Waals surface area contributed by atoms with Crippen LogP contribution in [0.4, 0.5) is 0 Å². The van der Waals surface area contributed by atoms with E-state index in [0.717, 1.165) is 26.1 Å². The van der Waals surface area contributed by atoms with Crippen LogP contribution in [0.3, 0.4) is 0 Å². The van der Waals surface area contributed by atoms with E-state index in [9.17, 15) is 9.90 Å². The molecule has 2 saturated heterocycles. The summed E-state index contributed by atoms with van der Waals surface area (Å²) in [7, 11) is 0. The predicted molar refractivity (Wildman–Crippen MR) is 68.2 cm³/mol. The molecule has 1 amide bonds. The number of ether oxygens (including phenoxy) is 1. The monoisotopic (exact) mass is 256 g/mol. The molecule has 0 atom stereocenters. The number of carbonyl (C=O) groups excluding carboxylic acids is 1. The highest BCUT2D eigenvalue weighted by Gasteiger charge is 2.43. The summed E-state index contributed by atoms with van der Waals surface area (Å²) in [5.74, 6) is 0.306. The van der Waals surface area contributed by atoms with Crippen molar-refractivity contribution in [2.45, 2.75) is 38.3 Å². The molecular formula is C13H24N2O3. The van der Waals surface area contributed by atoms with E-state index in [2.05, 4.69) is 5.32 Å². The lowest BCUT2D eigenvalue weighted by molar-refractivity contribution is -0.143. The van der Waals surface area contributed by atoms with Crippen LogP contribution in [0.15, 0.2) is 0 Å². The minimum Gasteiger partial charge on any atom is -0.387 e. The molecule has 0 aromatic carbocycles. The fourth-order valence-electron chi connectivity index (χ4n) is 2.52. The zero-order valence-electron chi connectivity index (χ0n) is 11.3. The quantitative estimate of drug-likeness (QED) is 0.742. The Morgan fingerprint density at radius 1 is 1.44 bits per heavy atom. The second-order valence-corrected chi connectivity index (χ2v) is 5.86. The summed E-state index contributed by atoms with van der Waals surface area (Å²) in [4.78, 5) is 13.8. The Balaban J connectivity index is 1.67. The molecule has 18 heavy (non-hydrogen) atoms. The van der Waals surface area contributed by atoms with E-state index < -0.39 is 5.60 Å². The molecule has 2 fully saturated rings. The van der Waals surface area contributed by atoms with E-state index in [-0.39, 0.29) is 17.9 Å². The van der Waals surface area contributed by atoms with E-state index >= 15 is 0 Å². The van der Waals surface area contributed by atoms with Crippen LogP contribution in [0.25, 0.3) is 0 Å². The second-order valence-electron chi connectivity index (χ2n) is 5.86. The van der Waals surface area contributed by atoms with E-state index in [1.807, 2.05) is 18.7 Å². The molecular weight excluding hydrogens is 232 g/mol. The second kappa shape index (κ2) is 5.55. The number of hydrogen-bond acceptors (Lipinski definition) is 4. The van der Waals surface area contributed by atoms with Gasteiger partial charge in [-0.3, -0.25) is 9.69 Å². The Kier molecular flexibility index (Phi) is 4.25. The molecule has 0 aliphatic carbocycles. The van der Waals surface area contributed by atoms with Crippen LogP contribution < -0.4 is 5.32 Å². The summed E-state index contributed by atoms with van der Waals surface area (Å²) in [6, 6.07) is 0.261. The Bertz CT molecular complexity index is 295. The van der Waals surface area contributed by atoms with Gasteiger partial charge in [0.2, 0.25) is 5.91 Å². The van der Waals surface area contributed by atoms with Crippen LogP contribution in [0, 0.1) is 5.92 Å². The number of nitrogens with one attached hydrogen (secondary N) is 1. The third kappa shape index (κ3) is 3.22. The van der Waals surface area contributed by atoms with Gasteiger partial charge in [0.25, 0.3) is 0 Å². The van der Waals surface area contributed by atoms with Gasteiger partial charge in [0.05, 0.1) is 12.1 Å². The van der Waals surface area contributed by atoms with E-state index in [0.29, 0.717) is 19.6 Å². The number of aliphatic hydroxyl groups is 1. The number of likely N-dealkylation sites (tertiary alicyclic amines) is 1. The maximum Gasteiger partial charge on any atom is 0.234 e. The van der Waals surface area contributed by atoms with Gasteiger partial charge in [-0.25, -0.2) is 0 Å². The predicted octanol–water partition coefficient (Wildman–Crippen LogP) is -0.0157. The van der Waals surface area contributed by atoms with Crippen LogP contribution >= 0.6 is 0 Å². The summed E-state index contributed by atoms with van der Waals surface area (Å²) in [6.45, 7) is 7.10. The molecule has 2 aliphatic rings. The molecule has 0 aromatic rings. The van der Waals surface area contributed by atoms with Crippen LogP contribution in [0.5, 0.6) is 0 Å². The Hall–Kier alpha value is -0.650. The maximum atomic E-state index is 11.8. The standard InChI is InChI=1S/C13H24N2O3/c1-10(2)13(17)8-15(9-13)7-12(16)14-11-3-5-18-6-4-11/h10-11,17H,3-9H2,1-2H3,(H,14,16). The first kappa shape index (κ1) is 13.8. The fraction of sp³-hybridized carbons (Fsp3) is 0.923. The highest BCUT2D eigenvalue weighted by atomic mass is 16.5. The normalized spacial score (nSPS) is 24.9. The van der Waals surface area contributed by atoms with Gasteiger partial charge in [-0.05, 0) is 18.8 Å². The SMILES string of the molecule is CC(C)C1(O)CN(CC(=O)NC2CCOCC2)C1. The van der Waals surface area contributed by atoms with Gasteiger partial charge < -0.3 is 15.2 Å². The van der Waals surface area contributed by atoms with Crippen LogP contribution in [0.1, 0.15) is 26.7 Å². The van der Waals surface area contributed by atoms with E-state index in [1.165, 1.54) is 0 Å². The molecule has 0 aromatic heterocycles. The molecule has 2 rings (SSSR count). The van der Waals surface area contributed by atoms with Crippen LogP contribution in [0.2, 0.25) is 0 Å². The van der Waals surface area contributed by atoms with Gasteiger partial charge in [0.1, 0.15) is 0 Å². The Labute approximate surface area is 108 Å². The van der Waals surface area contributed by atoms with Crippen LogP contribution in [-0.4, -0.2) is 60.4 Å². The van der Waals surface area contributed by atoms with Crippen molar-refractivity contribution in [1.82, 2.24) is 10.2 Å². The number of amides is 1. The lowest BCUT2D eigenvalue weighted by atomic mass is 9.83. The van der Waals surface area contributed by atoms with E-state index in [4.69, 9.17) is 4.74 Å². The zero-order valence-corrected chi connectivity index (χ0v) is 11.3. The maximum absolute atomic E-state index is 11.8. The molecule has 0 bridgehead atoms. The van der Waals surface area contributed by atoms with Crippen molar-refractivity contribution in [2.24, 2.45) is 5.92 Å². The molecule has 5 nitrogen and oxygen atoms in total. The third-order valence-electron chi connectivity index (χ3n) is 4.02. The van der Waals surface area contributed by atoms with Gasteiger partial charge in [0, 0.05) is 32.3 Å². The number of nitrogens with zero attached hydrogens (tertiary/aromatic N) is 1. The van der Waals surface area contributed by atoms with Gasteiger partial charge in [-0.15, -0.1) is 0 Å². The van der Waals surface area contributed by atoms with Gasteiger partial charge in [0.15, 0.2) is 0 Å². The molecule has 5 heteroatoms. The summed E-state index contributed by atoms with van der Waals surface area (Å²) in [6.07, 6.45) is 1.81. The highest BCUT2D eigenvalue weighted by Crippen LogP contribution is 2.27. The smallest absolute Gasteiger partial charge is 0.234 e. The van der Waals surface area contributed by atoms with Gasteiger partial charge in [-0.1, -0.05) is 13.8 Å². The molecule has 0 saturated carbocycles. The third-order valence-corrected chi connectivity index (χ3v) is 4.02. The summed E-state index contributed by atoms with van der Waals surface area (Å²) in [5.41, 5.74) is -0.598. The Morgan fingerprint density at radius 2 is 2.06 bits per heavy atom. The minimum atomic E-state index is -0.598. The number of β-amino-alcohol motifs (C(OH)–C–C–N with tert-alkyl or cyclic N) is 1. The first-order chi connectivity index (χ1) is 8.49. The summed E-state index contributed by atoms with van der Waals surface area (Å²) in [5, 5.41) is 13.1. The van der Waals surface area contributed by atoms with Gasteiger partial charge >= 0.3 is 0 Å². The van der Waals surface area contributed by atoms with Gasteiger partial charge in [-0.2, -0.15) is 0 Å². The molecule has 2 N–H and O–H groups in total. The average molecular weight is 256 g/mol. The van der Waals surface area contributed by atoms with Crippen molar-refractivity contribution < 1.29 is 14.6 Å². The fourth-order valence-corrected chi connectivity index (χ4v) is 2.52. The van der Waals surface area contributed by atoms with E-state index in [1.54, 1.807) is 0 Å². The lowest BCUT2D eigenvalue weighted by Crippen LogP contribution is -2.66. The number of carbonyl (C=O) groups is 1. The molecule has 0 radical (unpaired) electrons. The molecule has 104 valence electrons.